The Kier molecular flexibility index (Phi) is 1.83. The molecule has 1 aliphatic heterocycles. The molecule has 0 unspecified atom stereocenters. The van der Waals surface area contributed by atoms with Crippen LogP contribution in [-0.4, -0.2) is 9.97 Å². The van der Waals surface area contributed by atoms with Crippen LogP contribution in [0.4, 0.5) is 5.95 Å². The highest BCUT2D eigenvalue weighted by molar-refractivity contribution is 5.60. The summed E-state index contributed by atoms with van der Waals surface area (Å²) in [5.74, 6) is 5.67. The van der Waals surface area contributed by atoms with E-state index in [1.165, 1.54) is 0 Å². The van der Waals surface area contributed by atoms with Crippen LogP contribution < -0.4 is 11.3 Å². The molecule has 0 aromatic heterocycles. The number of nitrogens with one attached hydrogen (secondary N) is 1. The molecule has 1 aliphatic carbocycles. The van der Waals surface area contributed by atoms with Crippen molar-refractivity contribution in [2.24, 2.45) is 5.84 Å². The van der Waals surface area contributed by atoms with Crippen LogP contribution in [0.2, 0.25) is 0 Å². The first-order valence-electron chi connectivity index (χ1n) is 4.00. The molecule has 0 aromatic carbocycles. The average molecular weight is 174 g/mol. The summed E-state index contributed by atoms with van der Waals surface area (Å²) in [7, 11) is 0. The molecule has 4 heteroatoms. The summed E-state index contributed by atoms with van der Waals surface area (Å²) in [6.07, 6.45) is 0. The number of aromatic nitrogens is 2. The van der Waals surface area contributed by atoms with Crippen molar-refractivity contribution in [3.8, 4) is 11.4 Å². The quantitative estimate of drug-likeness (QED) is 0.503. The van der Waals surface area contributed by atoms with Crippen LogP contribution in [0, 0.1) is 6.92 Å². The molecule has 0 bridgehead atoms. The van der Waals surface area contributed by atoms with Crippen LogP contribution in [-0.2, 0) is 0 Å². The minimum Gasteiger partial charge on any atom is -0.292 e. The molecular formula is C9H10N4. The van der Waals surface area contributed by atoms with Gasteiger partial charge in [-0.05, 0) is 24.6 Å². The lowest BCUT2D eigenvalue weighted by Crippen LogP contribution is -2.07. The number of rotatable bonds is 1. The smallest absolute Gasteiger partial charge is 0.238 e. The summed E-state index contributed by atoms with van der Waals surface area (Å²) in [6, 6.07) is 7.85. The van der Waals surface area contributed by atoms with E-state index in [9.17, 15) is 0 Å². The van der Waals surface area contributed by atoms with Crippen LogP contribution in [0.3, 0.4) is 0 Å². The van der Waals surface area contributed by atoms with Crippen LogP contribution in [0.15, 0.2) is 24.3 Å². The number of hydrogen-bond donors (Lipinski definition) is 2. The summed E-state index contributed by atoms with van der Waals surface area (Å²) in [4.78, 5) is 8.35. The van der Waals surface area contributed by atoms with Crippen molar-refractivity contribution >= 4 is 5.95 Å². The fourth-order valence-electron chi connectivity index (χ4n) is 1.22. The maximum atomic E-state index is 5.21. The molecule has 2 aliphatic rings. The summed E-state index contributed by atoms with van der Waals surface area (Å²) in [5, 5.41) is 0. The average Bonchev–Trinajstić information content (AvgIpc) is 2.41. The number of nitrogens with zero attached hydrogens (tertiary/aromatic N) is 2. The Labute approximate surface area is 76.1 Å². The Bertz CT molecular complexity index is 399. The third-order valence-corrected chi connectivity index (χ3v) is 1.82. The van der Waals surface area contributed by atoms with Crippen LogP contribution >= 0.6 is 0 Å². The van der Waals surface area contributed by atoms with Crippen molar-refractivity contribution in [2.45, 2.75) is 6.92 Å². The Balaban J connectivity index is 2.63. The van der Waals surface area contributed by atoms with Gasteiger partial charge in [-0.25, -0.2) is 15.8 Å². The van der Waals surface area contributed by atoms with Crippen LogP contribution in [0.1, 0.15) is 5.56 Å². The number of anilines is 1. The zero-order valence-corrected chi connectivity index (χ0v) is 7.28. The molecule has 0 spiro atoms. The molecule has 0 saturated carbocycles. The summed E-state index contributed by atoms with van der Waals surface area (Å²) < 4.78 is 0. The molecule has 3 N–H and O–H groups in total. The Morgan fingerprint density at radius 1 is 1.23 bits per heavy atom. The third-order valence-electron chi connectivity index (χ3n) is 1.82. The van der Waals surface area contributed by atoms with Gasteiger partial charge in [0.15, 0.2) is 0 Å². The van der Waals surface area contributed by atoms with Gasteiger partial charge in [-0.15, -0.1) is 0 Å². The topological polar surface area (TPSA) is 63.8 Å². The van der Waals surface area contributed by atoms with Gasteiger partial charge in [0.2, 0.25) is 5.95 Å². The Morgan fingerprint density at radius 3 is 2.77 bits per heavy atom. The van der Waals surface area contributed by atoms with E-state index in [2.05, 4.69) is 15.4 Å². The number of imidazole rings is 1. The molecule has 2 rings (SSSR count). The van der Waals surface area contributed by atoms with E-state index in [-0.39, 0.29) is 0 Å². The minimum atomic E-state index is 0.459. The molecule has 1 heterocycles. The number of aryl methyl sites for hydroxylation is 1. The van der Waals surface area contributed by atoms with E-state index in [1.807, 2.05) is 31.2 Å². The van der Waals surface area contributed by atoms with Gasteiger partial charge in [-0.3, -0.25) is 5.43 Å². The molecule has 66 valence electrons. The zero-order chi connectivity index (χ0) is 9.26. The van der Waals surface area contributed by atoms with E-state index >= 15 is 0 Å². The van der Waals surface area contributed by atoms with Crippen molar-refractivity contribution in [1.29, 1.82) is 0 Å². The predicted molar refractivity (Wildman–Crippen MR) is 51.2 cm³/mol. The highest BCUT2D eigenvalue weighted by atomic mass is 15.3. The van der Waals surface area contributed by atoms with Gasteiger partial charge in [0.05, 0.1) is 11.4 Å². The fraction of sp³-hybridized carbons (Fsp3) is 0.111. The van der Waals surface area contributed by atoms with Crippen LogP contribution in [0.5, 0.6) is 0 Å². The maximum Gasteiger partial charge on any atom is 0.238 e. The van der Waals surface area contributed by atoms with Gasteiger partial charge in [0.1, 0.15) is 0 Å². The van der Waals surface area contributed by atoms with E-state index in [0.29, 0.717) is 5.95 Å². The Hall–Kier alpha value is -1.68. The molecule has 4 nitrogen and oxygen atoms in total. The van der Waals surface area contributed by atoms with E-state index in [1.54, 1.807) is 0 Å². The van der Waals surface area contributed by atoms with Crippen LogP contribution in [0.25, 0.3) is 11.4 Å². The first kappa shape index (κ1) is 7.94. The highest BCUT2D eigenvalue weighted by Crippen LogP contribution is 2.19. The van der Waals surface area contributed by atoms with E-state index in [0.717, 1.165) is 17.0 Å². The van der Waals surface area contributed by atoms with E-state index < -0.39 is 0 Å². The van der Waals surface area contributed by atoms with Gasteiger partial charge < -0.3 is 0 Å². The molecule has 0 atom stereocenters. The molecule has 0 amide bonds. The van der Waals surface area contributed by atoms with Gasteiger partial charge in [0, 0.05) is 0 Å². The molecule has 0 fully saturated rings. The maximum absolute atomic E-state index is 5.21. The second-order valence-corrected chi connectivity index (χ2v) is 2.88. The fourth-order valence-corrected chi connectivity index (χ4v) is 1.22. The molecule has 0 aromatic rings. The molecule has 0 radical (unpaired) electrons. The highest BCUT2D eigenvalue weighted by Gasteiger charge is 2.07. The van der Waals surface area contributed by atoms with Gasteiger partial charge in [-0.2, -0.15) is 0 Å². The van der Waals surface area contributed by atoms with Crippen molar-refractivity contribution in [3.05, 3.63) is 29.8 Å². The van der Waals surface area contributed by atoms with E-state index in [4.69, 9.17) is 5.84 Å². The summed E-state index contributed by atoms with van der Waals surface area (Å²) in [6.45, 7) is 2.02. The number of nitrogens with two attached hydrogens (primary N) is 1. The first-order chi connectivity index (χ1) is 6.29. The molecule has 0 saturated heterocycles. The van der Waals surface area contributed by atoms with Crippen molar-refractivity contribution in [1.82, 2.24) is 9.97 Å². The van der Waals surface area contributed by atoms with Gasteiger partial charge in [-0.1, -0.05) is 12.1 Å². The predicted octanol–water partition coefficient (Wildman–Crippen LogP) is 1.18. The first-order valence-corrected chi connectivity index (χ1v) is 4.00. The standard InChI is InChI=1S/C9H10N4/c1-6-3-2-4-7-8(5-6)12-9(11-7)13-10/h2-5H,10H2,1H3,(H,11,12,13). The van der Waals surface area contributed by atoms with Crippen molar-refractivity contribution < 1.29 is 0 Å². The lowest BCUT2D eigenvalue weighted by Gasteiger charge is -1.85. The third kappa shape index (κ3) is 1.43. The summed E-state index contributed by atoms with van der Waals surface area (Å²) in [5.41, 5.74) is 5.28. The minimum absolute atomic E-state index is 0.459. The molecule has 13 heavy (non-hydrogen) atoms. The van der Waals surface area contributed by atoms with Gasteiger partial charge >= 0.3 is 0 Å². The Morgan fingerprint density at radius 2 is 2.00 bits per heavy atom. The lowest BCUT2D eigenvalue weighted by molar-refractivity contribution is 1.21. The number of fused-ring (bicyclic) bond motifs is 1. The monoisotopic (exact) mass is 174 g/mol. The number of hydrogen-bond acceptors (Lipinski definition) is 4. The SMILES string of the molecule is Cc1cccc2nc(NN)nc-2c1. The second-order valence-electron chi connectivity index (χ2n) is 2.88. The van der Waals surface area contributed by atoms with Gasteiger partial charge in [0.25, 0.3) is 0 Å². The zero-order valence-electron chi connectivity index (χ0n) is 7.28. The largest absolute Gasteiger partial charge is 0.292 e. The number of hydrazine groups is 1. The molecular weight excluding hydrogens is 164 g/mol. The summed E-state index contributed by atoms with van der Waals surface area (Å²) >= 11 is 0. The van der Waals surface area contributed by atoms with Crippen molar-refractivity contribution in [2.75, 3.05) is 5.43 Å². The number of nitrogen functional groups attached to an aromatic ring is 1. The van der Waals surface area contributed by atoms with Crippen molar-refractivity contribution in [3.63, 3.8) is 0 Å². The normalized spacial score (nSPS) is 10.3. The lowest BCUT2D eigenvalue weighted by atomic mass is 10.3. The second kappa shape index (κ2) is 2.99.